The van der Waals surface area contributed by atoms with E-state index in [1.165, 1.54) is 0 Å². The minimum Gasteiger partial charge on any atom is -0.374 e. The Morgan fingerprint density at radius 1 is 1.29 bits per heavy atom. The smallest absolute Gasteiger partial charge is 0.228 e. The van der Waals surface area contributed by atoms with Crippen LogP contribution in [0.2, 0.25) is 0 Å². The van der Waals surface area contributed by atoms with E-state index in [0.29, 0.717) is 13.1 Å². The molecule has 0 spiro atoms. The summed E-state index contributed by atoms with van der Waals surface area (Å²) in [5, 5.41) is 0. The Labute approximate surface area is 104 Å². The second-order valence-electron chi connectivity index (χ2n) is 5.35. The summed E-state index contributed by atoms with van der Waals surface area (Å²) in [6.07, 6.45) is 0.164. The number of ether oxygens (including phenoxy) is 1. The first-order valence-corrected chi connectivity index (χ1v) is 6.56. The van der Waals surface area contributed by atoms with Crippen molar-refractivity contribution in [3.63, 3.8) is 0 Å². The quantitative estimate of drug-likeness (QED) is 0.807. The number of nitrogens with zero attached hydrogens (tertiary/aromatic N) is 1. The van der Waals surface area contributed by atoms with E-state index in [1.807, 2.05) is 32.6 Å². The van der Waals surface area contributed by atoms with Crippen LogP contribution in [0.15, 0.2) is 0 Å². The van der Waals surface area contributed by atoms with Crippen molar-refractivity contribution in [3.05, 3.63) is 0 Å². The molecular formula is C13H26N2O2. The lowest BCUT2D eigenvalue weighted by Crippen LogP contribution is -2.46. The van der Waals surface area contributed by atoms with Crippen molar-refractivity contribution in [2.75, 3.05) is 13.1 Å². The van der Waals surface area contributed by atoms with Crippen LogP contribution in [0.3, 0.4) is 0 Å². The molecule has 0 aliphatic carbocycles. The van der Waals surface area contributed by atoms with Crippen LogP contribution in [0.25, 0.3) is 0 Å². The van der Waals surface area contributed by atoms with Crippen molar-refractivity contribution in [2.45, 2.75) is 52.9 Å². The van der Waals surface area contributed by atoms with Gasteiger partial charge in [0.1, 0.15) is 0 Å². The molecule has 0 saturated carbocycles. The van der Waals surface area contributed by atoms with Gasteiger partial charge in [-0.3, -0.25) is 4.79 Å². The van der Waals surface area contributed by atoms with Gasteiger partial charge in [0.05, 0.1) is 18.1 Å². The molecule has 4 unspecified atom stereocenters. The average molecular weight is 242 g/mol. The molecule has 4 atom stereocenters. The summed E-state index contributed by atoms with van der Waals surface area (Å²) >= 11 is 0. The number of rotatable bonds is 4. The molecule has 0 aromatic carbocycles. The van der Waals surface area contributed by atoms with Gasteiger partial charge in [-0.1, -0.05) is 6.92 Å². The lowest BCUT2D eigenvalue weighted by atomic mass is 9.88. The van der Waals surface area contributed by atoms with Gasteiger partial charge in [-0.05, 0) is 33.6 Å². The van der Waals surface area contributed by atoms with Gasteiger partial charge in [-0.15, -0.1) is 0 Å². The fourth-order valence-electron chi connectivity index (χ4n) is 2.65. The lowest BCUT2D eigenvalue weighted by molar-refractivity contribution is -0.139. The summed E-state index contributed by atoms with van der Waals surface area (Å²) in [7, 11) is 0. The molecule has 4 nitrogen and oxygen atoms in total. The number of nitrogens with two attached hydrogens (primary N) is 1. The Bertz CT molecular complexity index is 268. The second kappa shape index (κ2) is 5.83. The van der Waals surface area contributed by atoms with Gasteiger partial charge < -0.3 is 15.4 Å². The van der Waals surface area contributed by atoms with Crippen molar-refractivity contribution < 1.29 is 9.53 Å². The van der Waals surface area contributed by atoms with E-state index in [1.54, 1.807) is 0 Å². The number of carbonyl (C=O) groups excluding carboxylic acids is 1. The topological polar surface area (TPSA) is 55.6 Å². The van der Waals surface area contributed by atoms with Crippen LogP contribution in [-0.2, 0) is 9.53 Å². The molecule has 2 N–H and O–H groups in total. The maximum absolute atomic E-state index is 12.5. The van der Waals surface area contributed by atoms with Crippen LogP contribution in [0, 0.1) is 11.8 Å². The van der Waals surface area contributed by atoms with E-state index in [9.17, 15) is 4.79 Å². The molecule has 0 bridgehead atoms. The van der Waals surface area contributed by atoms with Gasteiger partial charge in [0.2, 0.25) is 5.91 Å². The van der Waals surface area contributed by atoms with Gasteiger partial charge >= 0.3 is 0 Å². The van der Waals surface area contributed by atoms with E-state index >= 15 is 0 Å². The monoisotopic (exact) mass is 242 g/mol. The Hall–Kier alpha value is -0.610. The molecule has 1 rings (SSSR count). The van der Waals surface area contributed by atoms with Crippen LogP contribution >= 0.6 is 0 Å². The Kier molecular flexibility index (Phi) is 4.95. The molecule has 1 heterocycles. The standard InChI is InChI=1S/C13H26N2O2/c1-8(2)15(7-6-14)13(16)12-9(3)10(4)17-11(12)5/h8-12H,6-7,14H2,1-5H3. The van der Waals surface area contributed by atoms with E-state index in [2.05, 4.69) is 6.92 Å². The molecule has 4 heteroatoms. The summed E-state index contributed by atoms with van der Waals surface area (Å²) in [5.41, 5.74) is 5.58. The minimum atomic E-state index is -0.0288. The van der Waals surface area contributed by atoms with Crippen molar-refractivity contribution >= 4 is 5.91 Å². The summed E-state index contributed by atoms with van der Waals surface area (Å²) in [6, 6.07) is 0.196. The molecule has 100 valence electrons. The normalized spacial score (nSPS) is 33.1. The van der Waals surface area contributed by atoms with Crippen LogP contribution in [0.4, 0.5) is 0 Å². The van der Waals surface area contributed by atoms with Crippen molar-refractivity contribution in [1.82, 2.24) is 4.90 Å². The number of amides is 1. The summed E-state index contributed by atoms with van der Waals surface area (Å²) in [4.78, 5) is 14.4. The second-order valence-corrected chi connectivity index (χ2v) is 5.35. The average Bonchev–Trinajstić information content (AvgIpc) is 2.48. The molecule has 1 saturated heterocycles. The summed E-state index contributed by atoms with van der Waals surface area (Å²) in [5.74, 6) is 0.435. The maximum atomic E-state index is 12.5. The zero-order chi connectivity index (χ0) is 13.2. The molecule has 17 heavy (non-hydrogen) atoms. The molecule has 1 aliphatic heterocycles. The molecule has 0 aromatic heterocycles. The van der Waals surface area contributed by atoms with Gasteiger partial charge in [-0.2, -0.15) is 0 Å². The first kappa shape index (κ1) is 14.5. The molecule has 0 radical (unpaired) electrons. The van der Waals surface area contributed by atoms with Gasteiger partial charge in [0.15, 0.2) is 0 Å². The fraction of sp³-hybridized carbons (Fsp3) is 0.923. The van der Waals surface area contributed by atoms with Crippen molar-refractivity contribution in [2.24, 2.45) is 17.6 Å². The van der Waals surface area contributed by atoms with E-state index in [4.69, 9.17) is 10.5 Å². The largest absolute Gasteiger partial charge is 0.374 e. The highest BCUT2D eigenvalue weighted by atomic mass is 16.5. The van der Waals surface area contributed by atoms with Crippen LogP contribution in [0.1, 0.15) is 34.6 Å². The van der Waals surface area contributed by atoms with Gasteiger partial charge in [0.25, 0.3) is 0 Å². The zero-order valence-electron chi connectivity index (χ0n) is 11.6. The Balaban J connectivity index is 2.79. The lowest BCUT2D eigenvalue weighted by Gasteiger charge is -2.31. The molecule has 0 aromatic rings. The highest BCUT2D eigenvalue weighted by molar-refractivity contribution is 5.80. The summed E-state index contributed by atoms with van der Waals surface area (Å²) < 4.78 is 5.74. The summed E-state index contributed by atoms with van der Waals surface area (Å²) in [6.45, 7) is 11.3. The Morgan fingerprint density at radius 2 is 1.88 bits per heavy atom. The number of hydrogen-bond donors (Lipinski definition) is 1. The first-order valence-electron chi connectivity index (χ1n) is 6.56. The first-order chi connectivity index (χ1) is 7.90. The van der Waals surface area contributed by atoms with E-state index < -0.39 is 0 Å². The highest BCUT2D eigenvalue weighted by Gasteiger charge is 2.43. The SMILES string of the molecule is CC1OC(C)C(C(=O)N(CCN)C(C)C)C1C. The minimum absolute atomic E-state index is 0.00604. The number of carbonyl (C=O) groups is 1. The maximum Gasteiger partial charge on any atom is 0.228 e. The van der Waals surface area contributed by atoms with Crippen molar-refractivity contribution in [1.29, 1.82) is 0 Å². The number of hydrogen-bond acceptors (Lipinski definition) is 3. The molecule has 1 fully saturated rings. The zero-order valence-corrected chi connectivity index (χ0v) is 11.6. The third-order valence-electron chi connectivity index (χ3n) is 3.80. The Morgan fingerprint density at radius 3 is 2.24 bits per heavy atom. The fourth-order valence-corrected chi connectivity index (χ4v) is 2.65. The van der Waals surface area contributed by atoms with Crippen molar-refractivity contribution in [3.8, 4) is 0 Å². The van der Waals surface area contributed by atoms with E-state index in [0.717, 1.165) is 0 Å². The molecule has 1 amide bonds. The van der Waals surface area contributed by atoms with Gasteiger partial charge in [0, 0.05) is 19.1 Å². The molecular weight excluding hydrogens is 216 g/mol. The molecule has 1 aliphatic rings. The van der Waals surface area contributed by atoms with Crippen LogP contribution in [-0.4, -0.2) is 42.1 Å². The third-order valence-corrected chi connectivity index (χ3v) is 3.80. The predicted molar refractivity (Wildman–Crippen MR) is 68.6 cm³/mol. The highest BCUT2D eigenvalue weighted by Crippen LogP contribution is 2.33. The van der Waals surface area contributed by atoms with E-state index in [-0.39, 0.29) is 36.0 Å². The third kappa shape index (κ3) is 2.99. The van der Waals surface area contributed by atoms with Crippen LogP contribution < -0.4 is 5.73 Å². The van der Waals surface area contributed by atoms with Gasteiger partial charge in [-0.25, -0.2) is 0 Å². The van der Waals surface area contributed by atoms with Crippen LogP contribution in [0.5, 0.6) is 0 Å². The predicted octanol–water partition coefficient (Wildman–Crippen LogP) is 1.24.